The number of aryl methyl sites for hydroxylation is 2. The number of halogens is 6. The van der Waals surface area contributed by atoms with E-state index in [0.29, 0.717) is 24.0 Å². The van der Waals surface area contributed by atoms with Gasteiger partial charge in [0.05, 0.1) is 5.41 Å². The molecule has 270 valence electrons. The first kappa shape index (κ1) is 35.5. The Morgan fingerprint density at radius 1 is 0.491 bits per heavy atom. The van der Waals surface area contributed by atoms with Crippen LogP contribution in [0, 0.1) is 0 Å². The fraction of sp³-hybridized carbons (Fsp3) is 0.163. The van der Waals surface area contributed by atoms with Gasteiger partial charge in [-0.05, 0) is 106 Å². The molecule has 1 aliphatic carbocycles. The number of nitrogen functional groups attached to an aromatic ring is 2. The minimum Gasteiger partial charge on any atom is -0.456 e. The second-order valence-electron chi connectivity index (χ2n) is 12.9. The summed E-state index contributed by atoms with van der Waals surface area (Å²) in [5.74, 6) is -0.192. The van der Waals surface area contributed by atoms with Crippen molar-refractivity contribution in [3.63, 3.8) is 0 Å². The van der Waals surface area contributed by atoms with Gasteiger partial charge in [-0.3, -0.25) is 0 Å². The average molecular weight is 725 g/mol. The molecule has 4 N–H and O–H groups in total. The van der Waals surface area contributed by atoms with Crippen LogP contribution in [0.15, 0.2) is 121 Å². The lowest BCUT2D eigenvalue weighted by Gasteiger charge is -2.35. The molecule has 0 bridgehead atoms. The maximum Gasteiger partial charge on any atom is 0.420 e. The van der Waals surface area contributed by atoms with Crippen LogP contribution in [-0.4, -0.2) is 0 Å². The second kappa shape index (κ2) is 13.3. The monoisotopic (exact) mass is 724 g/mol. The number of hydrogen-bond donors (Lipinski definition) is 2. The van der Waals surface area contributed by atoms with Gasteiger partial charge in [0, 0.05) is 11.4 Å². The first-order chi connectivity index (χ1) is 25.2. The fourth-order valence-corrected chi connectivity index (χ4v) is 7.35. The molecule has 0 fully saturated rings. The van der Waals surface area contributed by atoms with E-state index >= 15 is 0 Å². The van der Waals surface area contributed by atoms with Crippen molar-refractivity contribution in [3.8, 4) is 34.1 Å². The van der Waals surface area contributed by atoms with E-state index in [9.17, 15) is 26.3 Å². The zero-order chi connectivity index (χ0) is 37.7. The maximum atomic E-state index is 14.0. The smallest absolute Gasteiger partial charge is 0.420 e. The zero-order valence-electron chi connectivity index (χ0n) is 28.7. The van der Waals surface area contributed by atoms with Crippen LogP contribution in [0.5, 0.6) is 23.0 Å². The van der Waals surface area contributed by atoms with Gasteiger partial charge in [-0.1, -0.05) is 86.6 Å². The number of ether oxygens (including phenoxy) is 2. The fourth-order valence-electron chi connectivity index (χ4n) is 7.35. The molecule has 0 spiro atoms. The largest absolute Gasteiger partial charge is 0.456 e. The van der Waals surface area contributed by atoms with Gasteiger partial charge in [0.2, 0.25) is 0 Å². The van der Waals surface area contributed by atoms with Crippen molar-refractivity contribution >= 4 is 11.4 Å². The zero-order valence-corrected chi connectivity index (χ0v) is 28.7. The Bertz CT molecular complexity index is 2180. The quantitative estimate of drug-likeness (QED) is 0.121. The molecule has 0 aromatic heterocycles. The van der Waals surface area contributed by atoms with E-state index in [-0.39, 0.29) is 34.4 Å². The van der Waals surface area contributed by atoms with Crippen molar-refractivity contribution < 1.29 is 35.8 Å². The Kier molecular flexibility index (Phi) is 8.88. The molecule has 7 rings (SSSR count). The number of nitrogens with two attached hydrogens (primary N) is 2. The highest BCUT2D eigenvalue weighted by Gasteiger charge is 2.46. The summed E-state index contributed by atoms with van der Waals surface area (Å²) in [7, 11) is 0. The van der Waals surface area contributed by atoms with Gasteiger partial charge in [0.25, 0.3) is 0 Å². The Morgan fingerprint density at radius 3 is 1.25 bits per heavy atom. The normalized spacial score (nSPS) is 13.4. The minimum absolute atomic E-state index is 0.0339. The first-order valence-corrected chi connectivity index (χ1v) is 17.0. The van der Waals surface area contributed by atoms with E-state index in [2.05, 4.69) is 12.1 Å². The summed E-state index contributed by atoms with van der Waals surface area (Å²) in [5, 5.41) is 0. The highest BCUT2D eigenvalue weighted by molar-refractivity contribution is 5.86. The van der Waals surface area contributed by atoms with Gasteiger partial charge in [-0.15, -0.1) is 0 Å². The molecule has 0 radical (unpaired) electrons. The number of hydrogen-bond acceptors (Lipinski definition) is 4. The lowest BCUT2D eigenvalue weighted by atomic mass is 9.67. The van der Waals surface area contributed by atoms with Crippen molar-refractivity contribution in [1.82, 2.24) is 0 Å². The van der Waals surface area contributed by atoms with Crippen molar-refractivity contribution in [2.75, 3.05) is 11.5 Å². The Labute approximate surface area is 302 Å². The highest BCUT2D eigenvalue weighted by Crippen LogP contribution is 2.57. The van der Waals surface area contributed by atoms with E-state index in [1.807, 2.05) is 74.5 Å². The molecule has 0 saturated carbocycles. The van der Waals surface area contributed by atoms with E-state index in [1.54, 1.807) is 12.1 Å². The summed E-state index contributed by atoms with van der Waals surface area (Å²) < 4.78 is 96.0. The third-order valence-electron chi connectivity index (χ3n) is 9.76. The van der Waals surface area contributed by atoms with Crippen LogP contribution in [-0.2, 0) is 30.6 Å². The molecule has 0 aliphatic heterocycles. The summed E-state index contributed by atoms with van der Waals surface area (Å²) in [5.41, 5.74) is 15.4. The van der Waals surface area contributed by atoms with Crippen molar-refractivity contribution in [2.24, 2.45) is 0 Å². The maximum absolute atomic E-state index is 14.0. The van der Waals surface area contributed by atoms with Gasteiger partial charge in [-0.2, -0.15) is 26.3 Å². The third kappa shape index (κ3) is 6.22. The number of benzene rings is 6. The van der Waals surface area contributed by atoms with Crippen LogP contribution >= 0.6 is 0 Å². The van der Waals surface area contributed by atoms with E-state index in [4.69, 9.17) is 20.9 Å². The van der Waals surface area contributed by atoms with Gasteiger partial charge in [-0.25, -0.2) is 0 Å². The average Bonchev–Trinajstić information content (AvgIpc) is 3.43. The highest BCUT2D eigenvalue weighted by atomic mass is 19.4. The number of rotatable bonds is 8. The predicted octanol–water partition coefficient (Wildman–Crippen LogP) is 12.0. The van der Waals surface area contributed by atoms with Crippen molar-refractivity contribution in [3.05, 3.63) is 166 Å². The molecule has 4 nitrogen and oxygen atoms in total. The van der Waals surface area contributed by atoms with Gasteiger partial charge in [0.15, 0.2) is 0 Å². The lowest BCUT2D eigenvalue weighted by Crippen LogP contribution is -2.29. The van der Waals surface area contributed by atoms with E-state index in [1.165, 1.54) is 24.3 Å². The van der Waals surface area contributed by atoms with Gasteiger partial charge >= 0.3 is 12.4 Å². The summed E-state index contributed by atoms with van der Waals surface area (Å²) in [6, 6.07) is 33.9. The lowest BCUT2D eigenvalue weighted by molar-refractivity contribution is -0.139. The summed E-state index contributed by atoms with van der Waals surface area (Å²) >= 11 is 0. The van der Waals surface area contributed by atoms with Gasteiger partial charge < -0.3 is 20.9 Å². The summed E-state index contributed by atoms with van der Waals surface area (Å²) in [6.45, 7) is 3.80. The molecule has 6 aromatic carbocycles. The van der Waals surface area contributed by atoms with Crippen LogP contribution < -0.4 is 20.9 Å². The van der Waals surface area contributed by atoms with Crippen LogP contribution in [0.1, 0.15) is 58.4 Å². The molecule has 0 unspecified atom stereocenters. The minimum atomic E-state index is -4.69. The molecule has 0 heterocycles. The number of anilines is 2. The number of alkyl halides is 6. The van der Waals surface area contributed by atoms with Crippen LogP contribution in [0.25, 0.3) is 11.1 Å². The molecule has 10 heteroatoms. The predicted molar refractivity (Wildman–Crippen MR) is 194 cm³/mol. The SMILES string of the molecule is CCc1cc(C2(c3ccc(Oc4ccc(N)cc4C(F)(F)F)c(CC)c3)c3ccccc3-c3ccccc32)ccc1Oc1ccc(N)cc1C(F)(F)F. The first-order valence-electron chi connectivity index (χ1n) is 17.0. The molecule has 0 saturated heterocycles. The molecular weight excluding hydrogens is 690 g/mol. The molecule has 53 heavy (non-hydrogen) atoms. The second-order valence-corrected chi connectivity index (χ2v) is 12.9. The Hall–Kier alpha value is -5.90. The molecular formula is C43H34F6N2O2. The summed E-state index contributed by atoms with van der Waals surface area (Å²) in [6.07, 6.45) is -8.50. The van der Waals surface area contributed by atoms with Gasteiger partial charge in [0.1, 0.15) is 34.1 Å². The standard InChI is InChI=1S/C43H34F6N2O2/c1-3-25-21-27(13-17-37(25)52-39-19-15-29(50)23-35(39)42(44,45)46)41(33-11-7-5-9-31(33)32-10-6-8-12-34(32)41)28-14-18-38(26(4-2)22-28)53-40-20-16-30(51)24-36(40)43(47,48)49/h5-24H,3-4,50-51H2,1-2H3. The summed E-state index contributed by atoms with van der Waals surface area (Å²) in [4.78, 5) is 0. The van der Waals surface area contributed by atoms with E-state index in [0.717, 1.165) is 45.5 Å². The van der Waals surface area contributed by atoms with Crippen LogP contribution in [0.3, 0.4) is 0 Å². The van der Waals surface area contributed by atoms with E-state index < -0.39 is 28.9 Å². The topological polar surface area (TPSA) is 70.5 Å². The number of fused-ring (bicyclic) bond motifs is 3. The van der Waals surface area contributed by atoms with Crippen molar-refractivity contribution in [2.45, 2.75) is 44.5 Å². The Balaban J connectivity index is 1.41. The molecule has 0 amide bonds. The van der Waals surface area contributed by atoms with Crippen LogP contribution in [0.4, 0.5) is 37.7 Å². The van der Waals surface area contributed by atoms with Crippen LogP contribution in [0.2, 0.25) is 0 Å². The molecule has 0 atom stereocenters. The van der Waals surface area contributed by atoms with Crippen molar-refractivity contribution in [1.29, 1.82) is 0 Å². The third-order valence-corrected chi connectivity index (χ3v) is 9.76. The molecule has 6 aromatic rings. The Morgan fingerprint density at radius 2 is 0.868 bits per heavy atom. The molecule has 1 aliphatic rings.